The summed E-state index contributed by atoms with van der Waals surface area (Å²) in [4.78, 5) is 27.4. The largest absolute Gasteiger partial charge is 0.368 e. The molecule has 0 bridgehead atoms. The highest BCUT2D eigenvalue weighted by atomic mass is 35.5. The Kier molecular flexibility index (Phi) is 4.28. The number of hydrogen-bond donors (Lipinski definition) is 1. The summed E-state index contributed by atoms with van der Waals surface area (Å²) in [5.74, 6) is 0.372. The Morgan fingerprint density at radius 1 is 1.07 bits per heavy atom. The summed E-state index contributed by atoms with van der Waals surface area (Å²) in [7, 11) is 0. The van der Waals surface area contributed by atoms with Gasteiger partial charge < -0.3 is 10.6 Å². The number of aliphatic imine (C=N–C) groups is 1. The number of benzene rings is 2. The highest BCUT2D eigenvalue weighted by Gasteiger charge is 2.27. The topological polar surface area (TPSA) is 84.5 Å². The molecule has 0 saturated heterocycles. The highest BCUT2D eigenvalue weighted by molar-refractivity contribution is 6.30. The number of carbonyl (C=O) groups excluding carboxylic acids is 1. The van der Waals surface area contributed by atoms with Gasteiger partial charge in [-0.2, -0.15) is 0 Å². The molecule has 0 saturated carbocycles. The molecule has 0 unspecified atom stereocenters. The highest BCUT2D eigenvalue weighted by Crippen LogP contribution is 2.30. The van der Waals surface area contributed by atoms with Crippen molar-refractivity contribution in [2.24, 2.45) is 4.99 Å². The van der Waals surface area contributed by atoms with Crippen molar-refractivity contribution < 1.29 is 4.79 Å². The molecule has 29 heavy (non-hydrogen) atoms. The summed E-state index contributed by atoms with van der Waals surface area (Å²) >= 11 is 6.09. The van der Waals surface area contributed by atoms with Crippen LogP contribution in [0.15, 0.2) is 53.8 Å². The summed E-state index contributed by atoms with van der Waals surface area (Å²) in [5.41, 5.74) is 12.8. The van der Waals surface area contributed by atoms with Crippen LogP contribution in [0.2, 0.25) is 5.02 Å². The summed E-state index contributed by atoms with van der Waals surface area (Å²) in [6, 6.07) is 11.9. The molecule has 0 radical (unpaired) electrons. The minimum Gasteiger partial charge on any atom is -0.368 e. The first-order chi connectivity index (χ1) is 14.1. The third-order valence-corrected chi connectivity index (χ3v) is 5.59. The molecular weight excluding hydrogens is 386 g/mol. The zero-order valence-electron chi connectivity index (χ0n) is 15.6. The molecule has 2 aliphatic rings. The number of rotatable bonds is 3. The van der Waals surface area contributed by atoms with E-state index in [2.05, 4.69) is 27.1 Å². The van der Waals surface area contributed by atoms with E-state index in [1.54, 1.807) is 12.4 Å². The quantitative estimate of drug-likeness (QED) is 0.728. The molecule has 6 nitrogen and oxygen atoms in total. The first-order valence-corrected chi connectivity index (χ1v) is 9.74. The zero-order chi connectivity index (χ0) is 20.0. The van der Waals surface area contributed by atoms with Crippen molar-refractivity contribution in [3.8, 4) is 0 Å². The molecule has 2 N–H and O–H groups in total. The lowest BCUT2D eigenvalue weighted by atomic mass is 9.91. The number of carbonyl (C=O) groups is 1. The van der Waals surface area contributed by atoms with Gasteiger partial charge in [-0.15, -0.1) is 0 Å². The minimum atomic E-state index is 0.128. The summed E-state index contributed by atoms with van der Waals surface area (Å²) in [6.45, 7) is 1.71. The number of anilines is 1. The van der Waals surface area contributed by atoms with Gasteiger partial charge in [0.25, 0.3) is 0 Å². The molecule has 0 aliphatic carbocycles. The third kappa shape index (κ3) is 3.36. The molecule has 7 heteroatoms. The Labute approximate surface area is 173 Å². The Balaban J connectivity index is 1.45. The van der Waals surface area contributed by atoms with Gasteiger partial charge >= 0.3 is 0 Å². The van der Waals surface area contributed by atoms with E-state index >= 15 is 0 Å². The van der Waals surface area contributed by atoms with Crippen LogP contribution in [0.25, 0.3) is 0 Å². The molecule has 1 aromatic heterocycles. The summed E-state index contributed by atoms with van der Waals surface area (Å²) in [6.07, 6.45) is 3.80. The summed E-state index contributed by atoms with van der Waals surface area (Å²) < 4.78 is 0. The third-order valence-electron chi connectivity index (χ3n) is 5.35. The average molecular weight is 404 g/mol. The molecule has 5 rings (SSSR count). The first kappa shape index (κ1) is 17.8. The van der Waals surface area contributed by atoms with Gasteiger partial charge in [-0.05, 0) is 40.5 Å². The molecule has 0 atom stereocenters. The number of nitrogen functional groups attached to an aromatic ring is 1. The molecule has 2 aromatic carbocycles. The number of hydrogen-bond acceptors (Lipinski definition) is 5. The number of fused-ring (bicyclic) bond motifs is 2. The van der Waals surface area contributed by atoms with Crippen molar-refractivity contribution in [3.63, 3.8) is 0 Å². The summed E-state index contributed by atoms with van der Waals surface area (Å²) in [5, 5.41) is 0.678. The molecular formula is C22H18ClN5O. The maximum absolute atomic E-state index is 12.7. The number of nitrogens with two attached hydrogens (primary N) is 1. The van der Waals surface area contributed by atoms with Crippen molar-refractivity contribution in [1.82, 2.24) is 14.9 Å². The minimum absolute atomic E-state index is 0.128. The smallest absolute Gasteiger partial charge is 0.227 e. The molecule has 3 heterocycles. The van der Waals surface area contributed by atoms with Gasteiger partial charge in [0.15, 0.2) is 0 Å². The Morgan fingerprint density at radius 2 is 1.90 bits per heavy atom. The van der Waals surface area contributed by atoms with E-state index in [0.717, 1.165) is 39.1 Å². The van der Waals surface area contributed by atoms with Crippen molar-refractivity contribution >= 4 is 29.2 Å². The van der Waals surface area contributed by atoms with E-state index < -0.39 is 0 Å². The monoisotopic (exact) mass is 403 g/mol. The van der Waals surface area contributed by atoms with E-state index in [9.17, 15) is 4.79 Å². The van der Waals surface area contributed by atoms with Crippen LogP contribution in [-0.2, 0) is 30.8 Å². The van der Waals surface area contributed by atoms with Crippen LogP contribution < -0.4 is 5.73 Å². The lowest BCUT2D eigenvalue weighted by Gasteiger charge is -2.29. The van der Waals surface area contributed by atoms with E-state index in [-0.39, 0.29) is 11.9 Å². The van der Waals surface area contributed by atoms with Gasteiger partial charge in [0.2, 0.25) is 11.9 Å². The fourth-order valence-corrected chi connectivity index (χ4v) is 4.14. The van der Waals surface area contributed by atoms with E-state index in [4.69, 9.17) is 17.3 Å². The molecule has 2 aliphatic heterocycles. The maximum Gasteiger partial charge on any atom is 0.227 e. The number of amides is 1. The van der Waals surface area contributed by atoms with Gasteiger partial charge in [0.1, 0.15) is 0 Å². The van der Waals surface area contributed by atoms with E-state index in [0.29, 0.717) is 31.1 Å². The number of halogens is 1. The lowest BCUT2D eigenvalue weighted by molar-refractivity contribution is -0.132. The van der Waals surface area contributed by atoms with Crippen LogP contribution >= 0.6 is 11.6 Å². The fourth-order valence-electron chi connectivity index (χ4n) is 3.93. The number of nitrogens with zero attached hydrogens (tertiary/aromatic N) is 4. The average Bonchev–Trinajstić information content (AvgIpc) is 3.10. The van der Waals surface area contributed by atoms with E-state index in [1.165, 1.54) is 0 Å². The molecule has 0 spiro atoms. The predicted octanol–water partition coefficient (Wildman–Crippen LogP) is 3.15. The zero-order valence-corrected chi connectivity index (χ0v) is 16.4. The normalized spacial score (nSPS) is 15.1. The van der Waals surface area contributed by atoms with Crippen LogP contribution in [0.4, 0.5) is 5.95 Å². The van der Waals surface area contributed by atoms with E-state index in [1.807, 2.05) is 29.2 Å². The van der Waals surface area contributed by atoms with Gasteiger partial charge in [0, 0.05) is 41.6 Å². The molecule has 3 aromatic rings. The Bertz CT molecular complexity index is 1160. The molecule has 0 fully saturated rings. The SMILES string of the molecule is Nc1ncc(C2=NCc3cc4c(cc32)CN(Cc2cccc(Cl)c2)C(=O)C4)cn1. The van der Waals surface area contributed by atoms with Gasteiger partial charge in [-0.3, -0.25) is 9.79 Å². The van der Waals surface area contributed by atoms with Crippen molar-refractivity contribution in [2.75, 3.05) is 5.73 Å². The first-order valence-electron chi connectivity index (χ1n) is 9.36. The van der Waals surface area contributed by atoms with Crippen LogP contribution in [-0.4, -0.2) is 26.5 Å². The van der Waals surface area contributed by atoms with Crippen molar-refractivity contribution in [3.05, 3.63) is 87.2 Å². The second-order valence-corrected chi connectivity index (χ2v) is 7.77. The second kappa shape index (κ2) is 6.97. The Morgan fingerprint density at radius 3 is 2.69 bits per heavy atom. The van der Waals surface area contributed by atoms with Crippen LogP contribution in [0, 0.1) is 0 Å². The second-order valence-electron chi connectivity index (χ2n) is 7.33. The van der Waals surface area contributed by atoms with Crippen molar-refractivity contribution in [1.29, 1.82) is 0 Å². The van der Waals surface area contributed by atoms with Gasteiger partial charge in [0.05, 0.1) is 18.7 Å². The molecule has 1 amide bonds. The lowest BCUT2D eigenvalue weighted by Crippen LogP contribution is -2.35. The van der Waals surface area contributed by atoms with Gasteiger partial charge in [-0.25, -0.2) is 9.97 Å². The van der Waals surface area contributed by atoms with Crippen LogP contribution in [0.3, 0.4) is 0 Å². The predicted molar refractivity (Wildman–Crippen MR) is 112 cm³/mol. The fraction of sp³-hybridized carbons (Fsp3) is 0.182. The van der Waals surface area contributed by atoms with Gasteiger partial charge in [-0.1, -0.05) is 29.8 Å². The molecule has 144 valence electrons. The Hall–Kier alpha value is -3.25. The van der Waals surface area contributed by atoms with Crippen molar-refractivity contribution in [2.45, 2.75) is 26.1 Å². The van der Waals surface area contributed by atoms with Crippen LogP contribution in [0.5, 0.6) is 0 Å². The number of aromatic nitrogens is 2. The van der Waals surface area contributed by atoms with Crippen LogP contribution in [0.1, 0.15) is 33.4 Å². The maximum atomic E-state index is 12.7. The standard InChI is InChI=1S/C22H18ClN5O/c23-18-3-1-2-13(4-18)11-28-12-16-6-19-15(5-14(16)7-20(28)29)8-25-21(19)17-9-26-22(24)27-10-17/h1-6,9-10H,7-8,11-12H2,(H2,24,26,27).